The number of thioether (sulfide) groups is 1. The minimum Gasteiger partial charge on any atom is -0.391 e. The third-order valence-electron chi connectivity index (χ3n) is 2.95. The molecule has 0 heterocycles. The van der Waals surface area contributed by atoms with E-state index in [1.54, 1.807) is 0 Å². The van der Waals surface area contributed by atoms with E-state index in [0.717, 1.165) is 6.42 Å². The SMILES string of the molecule is CC(C)CC[C@@H](O)[C@@H](N)c1ccc(SC(F)(F)F)cc1.Cl. The quantitative estimate of drug-likeness (QED) is 0.747. The molecule has 1 aromatic rings. The summed E-state index contributed by atoms with van der Waals surface area (Å²) in [7, 11) is 0. The van der Waals surface area contributed by atoms with Crippen molar-refractivity contribution in [2.45, 2.75) is 49.2 Å². The van der Waals surface area contributed by atoms with Gasteiger partial charge in [0.25, 0.3) is 0 Å². The van der Waals surface area contributed by atoms with Crippen LogP contribution in [0.2, 0.25) is 0 Å². The van der Waals surface area contributed by atoms with E-state index in [-0.39, 0.29) is 29.1 Å². The number of aliphatic hydroxyl groups excluding tert-OH is 1. The summed E-state index contributed by atoms with van der Waals surface area (Å²) in [6.45, 7) is 4.11. The highest BCUT2D eigenvalue weighted by Gasteiger charge is 2.29. The Balaban J connectivity index is 0.00000400. The lowest BCUT2D eigenvalue weighted by Gasteiger charge is -2.20. The lowest BCUT2D eigenvalue weighted by atomic mass is 9.96. The normalized spacial score (nSPS) is 14.7. The molecule has 2 atom stereocenters. The first-order chi connectivity index (χ1) is 9.19. The van der Waals surface area contributed by atoms with Crippen molar-refractivity contribution in [2.24, 2.45) is 11.7 Å². The number of benzene rings is 1. The molecular weight excluding hydrogens is 323 g/mol. The summed E-state index contributed by atoms with van der Waals surface area (Å²) in [6, 6.07) is 5.26. The zero-order valence-electron chi connectivity index (χ0n) is 11.9. The number of rotatable bonds is 6. The number of nitrogens with two attached hydrogens (primary N) is 1. The summed E-state index contributed by atoms with van der Waals surface area (Å²) in [6.07, 6.45) is 0.757. The first kappa shape index (κ1) is 20.6. The summed E-state index contributed by atoms with van der Waals surface area (Å²) in [5.74, 6) is 0.474. The van der Waals surface area contributed by atoms with Gasteiger partial charge in [0.2, 0.25) is 0 Å². The van der Waals surface area contributed by atoms with Crippen LogP contribution in [0, 0.1) is 5.92 Å². The fraction of sp³-hybridized carbons (Fsp3) is 0.571. The van der Waals surface area contributed by atoms with E-state index in [0.29, 0.717) is 17.9 Å². The van der Waals surface area contributed by atoms with Crippen LogP contribution in [0.5, 0.6) is 0 Å². The van der Waals surface area contributed by atoms with Crippen molar-refractivity contribution < 1.29 is 18.3 Å². The van der Waals surface area contributed by atoms with Gasteiger partial charge < -0.3 is 10.8 Å². The minimum atomic E-state index is -4.29. The molecule has 21 heavy (non-hydrogen) atoms. The van der Waals surface area contributed by atoms with E-state index in [4.69, 9.17) is 5.73 Å². The summed E-state index contributed by atoms with van der Waals surface area (Å²) in [5, 5.41) is 9.97. The van der Waals surface area contributed by atoms with Crippen molar-refractivity contribution in [2.75, 3.05) is 0 Å². The monoisotopic (exact) mass is 343 g/mol. The largest absolute Gasteiger partial charge is 0.446 e. The van der Waals surface area contributed by atoms with Crippen LogP contribution in [0.15, 0.2) is 29.2 Å². The maximum atomic E-state index is 12.2. The van der Waals surface area contributed by atoms with Gasteiger partial charge in [0.1, 0.15) is 0 Å². The standard InChI is InChI=1S/C14H20F3NOS.ClH/c1-9(2)3-8-12(19)13(18)10-4-6-11(7-5-10)20-14(15,16)17;/h4-7,9,12-13,19H,3,8,18H2,1-2H3;1H/t12-,13+;/m1./s1. The maximum absolute atomic E-state index is 12.2. The molecule has 1 aromatic carbocycles. The van der Waals surface area contributed by atoms with E-state index in [9.17, 15) is 18.3 Å². The smallest absolute Gasteiger partial charge is 0.391 e. The van der Waals surface area contributed by atoms with Gasteiger partial charge in [-0.25, -0.2) is 0 Å². The van der Waals surface area contributed by atoms with Gasteiger partial charge in [0.05, 0.1) is 12.1 Å². The molecule has 2 nitrogen and oxygen atoms in total. The van der Waals surface area contributed by atoms with Gasteiger partial charge in [-0.05, 0) is 48.2 Å². The van der Waals surface area contributed by atoms with E-state index < -0.39 is 17.7 Å². The van der Waals surface area contributed by atoms with E-state index >= 15 is 0 Å². The molecule has 0 aliphatic rings. The fourth-order valence-electron chi connectivity index (χ4n) is 1.80. The van der Waals surface area contributed by atoms with Gasteiger partial charge in [0, 0.05) is 4.90 Å². The number of aliphatic hydroxyl groups is 1. The second-order valence-electron chi connectivity index (χ2n) is 5.18. The molecule has 122 valence electrons. The van der Waals surface area contributed by atoms with Crippen LogP contribution in [-0.4, -0.2) is 16.7 Å². The van der Waals surface area contributed by atoms with E-state index in [1.165, 1.54) is 24.3 Å². The van der Waals surface area contributed by atoms with Gasteiger partial charge in [-0.3, -0.25) is 0 Å². The lowest BCUT2D eigenvalue weighted by Crippen LogP contribution is -2.26. The Bertz CT molecular complexity index is 412. The van der Waals surface area contributed by atoms with Crippen LogP contribution < -0.4 is 5.73 Å². The van der Waals surface area contributed by atoms with Crippen molar-refractivity contribution in [1.82, 2.24) is 0 Å². The Hall–Kier alpha value is -0.430. The molecule has 0 radical (unpaired) electrons. The highest BCUT2D eigenvalue weighted by Crippen LogP contribution is 2.37. The molecule has 0 amide bonds. The highest BCUT2D eigenvalue weighted by molar-refractivity contribution is 8.00. The lowest BCUT2D eigenvalue weighted by molar-refractivity contribution is -0.0328. The zero-order chi connectivity index (χ0) is 15.3. The summed E-state index contributed by atoms with van der Waals surface area (Å²) in [5.41, 5.74) is 2.28. The van der Waals surface area contributed by atoms with Crippen LogP contribution in [0.4, 0.5) is 13.2 Å². The number of alkyl halides is 3. The second kappa shape index (κ2) is 8.88. The predicted octanol–water partition coefficient (Wildman–Crippen LogP) is 4.52. The molecule has 0 saturated heterocycles. The molecular formula is C14H21ClF3NOS. The highest BCUT2D eigenvalue weighted by atomic mass is 35.5. The third-order valence-corrected chi connectivity index (χ3v) is 3.69. The fourth-order valence-corrected chi connectivity index (χ4v) is 2.34. The van der Waals surface area contributed by atoms with Gasteiger partial charge in [0.15, 0.2) is 0 Å². The Kier molecular flexibility index (Phi) is 8.70. The van der Waals surface area contributed by atoms with Gasteiger partial charge in [-0.1, -0.05) is 26.0 Å². The number of halogens is 4. The van der Waals surface area contributed by atoms with E-state index in [1.807, 2.05) is 0 Å². The van der Waals surface area contributed by atoms with Crippen molar-refractivity contribution in [3.8, 4) is 0 Å². The Labute approximate surface area is 133 Å². The summed E-state index contributed by atoms with van der Waals surface area (Å²) in [4.78, 5) is 0.116. The van der Waals surface area contributed by atoms with Crippen LogP contribution in [0.3, 0.4) is 0 Å². The molecule has 3 N–H and O–H groups in total. The average Bonchev–Trinajstić information content (AvgIpc) is 2.34. The zero-order valence-corrected chi connectivity index (χ0v) is 13.6. The first-order valence-electron chi connectivity index (χ1n) is 6.48. The number of hydrogen-bond acceptors (Lipinski definition) is 3. The van der Waals surface area contributed by atoms with Crippen LogP contribution >= 0.6 is 24.2 Å². The molecule has 0 bridgehead atoms. The molecule has 0 fully saturated rings. The molecule has 0 aliphatic carbocycles. The maximum Gasteiger partial charge on any atom is 0.446 e. The van der Waals surface area contributed by atoms with Crippen LogP contribution in [0.25, 0.3) is 0 Å². The van der Waals surface area contributed by atoms with Crippen molar-refractivity contribution in [1.29, 1.82) is 0 Å². The average molecular weight is 344 g/mol. The topological polar surface area (TPSA) is 46.2 Å². The van der Waals surface area contributed by atoms with Crippen molar-refractivity contribution in [3.05, 3.63) is 29.8 Å². The molecule has 0 saturated carbocycles. The molecule has 0 unspecified atom stereocenters. The number of hydrogen-bond donors (Lipinski definition) is 2. The third kappa shape index (κ3) is 7.95. The second-order valence-corrected chi connectivity index (χ2v) is 6.32. The molecule has 7 heteroatoms. The van der Waals surface area contributed by atoms with Crippen LogP contribution in [0.1, 0.15) is 38.3 Å². The van der Waals surface area contributed by atoms with Gasteiger partial charge in [-0.2, -0.15) is 13.2 Å². The molecule has 1 rings (SSSR count). The molecule has 0 aliphatic heterocycles. The Morgan fingerprint density at radius 2 is 1.67 bits per heavy atom. The van der Waals surface area contributed by atoms with Crippen LogP contribution in [-0.2, 0) is 0 Å². The Morgan fingerprint density at radius 3 is 2.10 bits per heavy atom. The van der Waals surface area contributed by atoms with Gasteiger partial charge in [-0.15, -0.1) is 12.4 Å². The molecule has 0 aromatic heterocycles. The Morgan fingerprint density at radius 1 is 1.14 bits per heavy atom. The van der Waals surface area contributed by atoms with Crippen molar-refractivity contribution in [3.63, 3.8) is 0 Å². The predicted molar refractivity (Wildman–Crippen MR) is 82.6 cm³/mol. The van der Waals surface area contributed by atoms with E-state index in [2.05, 4.69) is 13.8 Å². The minimum absolute atomic E-state index is 0. The molecule has 0 spiro atoms. The summed E-state index contributed by atoms with van der Waals surface area (Å²) < 4.78 is 36.6. The summed E-state index contributed by atoms with van der Waals surface area (Å²) >= 11 is -0.160. The van der Waals surface area contributed by atoms with Crippen molar-refractivity contribution >= 4 is 24.2 Å². The van der Waals surface area contributed by atoms with Gasteiger partial charge >= 0.3 is 5.51 Å². The first-order valence-corrected chi connectivity index (χ1v) is 7.30.